The molecule has 0 radical (unpaired) electrons. The van der Waals surface area contributed by atoms with Gasteiger partial charge in [0, 0.05) is 56.5 Å². The van der Waals surface area contributed by atoms with Crippen LogP contribution in [0.25, 0.3) is 11.1 Å². The molecule has 2 aromatic heterocycles. The van der Waals surface area contributed by atoms with Crippen molar-refractivity contribution in [3.05, 3.63) is 65.6 Å². The molecule has 1 fully saturated rings. The molecule has 1 saturated heterocycles. The molecule has 4 rings (SSSR count). The number of hydrogen-bond acceptors (Lipinski definition) is 7. The van der Waals surface area contributed by atoms with Crippen LogP contribution in [0.15, 0.2) is 48.9 Å². The summed E-state index contributed by atoms with van der Waals surface area (Å²) in [5, 5.41) is 12.1. The molecule has 37 heavy (non-hydrogen) atoms. The minimum atomic E-state index is -4.59. The lowest BCUT2D eigenvalue weighted by Gasteiger charge is -2.32. The van der Waals surface area contributed by atoms with Crippen molar-refractivity contribution in [2.24, 2.45) is 0 Å². The van der Waals surface area contributed by atoms with Gasteiger partial charge in [0.15, 0.2) is 5.82 Å². The predicted octanol–water partition coefficient (Wildman–Crippen LogP) is 3.99. The van der Waals surface area contributed by atoms with E-state index >= 15 is 0 Å². The molecule has 0 saturated carbocycles. The summed E-state index contributed by atoms with van der Waals surface area (Å²) in [4.78, 5) is 25.0. The number of likely N-dealkylation sites (N-methyl/N-ethyl adjacent to an activating group) is 1. The van der Waals surface area contributed by atoms with Crippen molar-refractivity contribution in [2.75, 3.05) is 61.6 Å². The van der Waals surface area contributed by atoms with Gasteiger partial charge in [-0.3, -0.25) is 9.78 Å². The zero-order valence-electron chi connectivity index (χ0n) is 20.5. The number of nitrogens with zero attached hydrogens (tertiary/aromatic N) is 4. The number of pyridine rings is 2. The highest BCUT2D eigenvalue weighted by molar-refractivity contribution is 6.04. The molecule has 0 spiro atoms. The van der Waals surface area contributed by atoms with Gasteiger partial charge in [-0.1, -0.05) is 6.07 Å². The smallest absolute Gasteiger partial charge is 0.395 e. The molecule has 1 aliphatic rings. The Balaban J connectivity index is 1.65. The molecule has 0 atom stereocenters. The highest BCUT2D eigenvalue weighted by Crippen LogP contribution is 2.35. The summed E-state index contributed by atoms with van der Waals surface area (Å²) in [6.07, 6.45) is -1.08. The monoisotopic (exact) mass is 515 g/mol. The number of rotatable bonds is 7. The van der Waals surface area contributed by atoms with Gasteiger partial charge in [-0.2, -0.15) is 13.2 Å². The number of aliphatic hydroxyl groups is 1. The van der Waals surface area contributed by atoms with Gasteiger partial charge < -0.3 is 25.0 Å². The molecule has 0 aliphatic carbocycles. The number of halogens is 3. The fourth-order valence-corrected chi connectivity index (χ4v) is 4.11. The number of aryl methyl sites for hydroxylation is 1. The molecule has 0 unspecified atom stereocenters. The van der Waals surface area contributed by atoms with Crippen molar-refractivity contribution in [1.82, 2.24) is 9.97 Å². The Morgan fingerprint density at radius 2 is 1.92 bits per heavy atom. The Morgan fingerprint density at radius 3 is 2.62 bits per heavy atom. The summed E-state index contributed by atoms with van der Waals surface area (Å²) in [5.74, 6) is 0.0420. The molecule has 3 heterocycles. The predicted molar refractivity (Wildman–Crippen MR) is 135 cm³/mol. The van der Waals surface area contributed by atoms with E-state index < -0.39 is 17.6 Å². The maximum Gasteiger partial charge on any atom is 0.417 e. The molecule has 3 aromatic rings. The number of hydrogen-bond donors (Lipinski definition) is 2. The fourth-order valence-electron chi connectivity index (χ4n) is 4.11. The van der Waals surface area contributed by atoms with Crippen molar-refractivity contribution in [2.45, 2.75) is 13.1 Å². The van der Waals surface area contributed by atoms with Gasteiger partial charge in [0.1, 0.15) is 0 Å². The Morgan fingerprint density at radius 1 is 1.16 bits per heavy atom. The maximum atomic E-state index is 13.0. The Hall–Kier alpha value is -3.70. The van der Waals surface area contributed by atoms with E-state index in [1.54, 1.807) is 18.3 Å². The van der Waals surface area contributed by atoms with Gasteiger partial charge in [-0.25, -0.2) is 4.98 Å². The molecular formula is C26H28F3N5O3. The summed E-state index contributed by atoms with van der Waals surface area (Å²) in [6, 6.07) is 8.09. The van der Waals surface area contributed by atoms with Gasteiger partial charge in [-0.15, -0.1) is 0 Å². The van der Waals surface area contributed by atoms with Crippen LogP contribution >= 0.6 is 0 Å². The van der Waals surface area contributed by atoms with E-state index in [0.29, 0.717) is 44.7 Å². The van der Waals surface area contributed by atoms with Crippen LogP contribution in [0.1, 0.15) is 21.5 Å². The van der Waals surface area contributed by atoms with E-state index in [1.165, 1.54) is 0 Å². The number of nitrogens with one attached hydrogen (secondary N) is 1. The van der Waals surface area contributed by atoms with E-state index in [0.717, 1.165) is 40.5 Å². The van der Waals surface area contributed by atoms with Gasteiger partial charge in [0.05, 0.1) is 36.6 Å². The maximum absolute atomic E-state index is 13.0. The first-order valence-electron chi connectivity index (χ1n) is 11.8. The summed E-state index contributed by atoms with van der Waals surface area (Å²) in [5.41, 5.74) is 2.72. The first kappa shape index (κ1) is 26.4. The average molecular weight is 516 g/mol. The SMILES string of the molecule is Cc1ccc(NC(=O)c2cncc(C(F)(F)F)c2)cc1-c1cnc(N(C)CCO)c(N2CCOCC2)c1. The van der Waals surface area contributed by atoms with Crippen LogP contribution in [0.3, 0.4) is 0 Å². The molecule has 8 nitrogen and oxygen atoms in total. The highest BCUT2D eigenvalue weighted by Gasteiger charge is 2.31. The number of aromatic nitrogens is 2. The standard InChI is InChI=1S/C26H28F3N5O3/c1-17-3-4-21(32-25(36)19-11-20(16-30-14-19)26(27,28)29)13-22(17)18-12-23(34-6-9-37-10-7-34)24(31-15-18)33(2)5-8-35/h3-4,11-16,35H,5-10H2,1-2H3,(H,32,36). The molecule has 1 aliphatic heterocycles. The average Bonchev–Trinajstić information content (AvgIpc) is 2.89. The van der Waals surface area contributed by atoms with Crippen LogP contribution in [-0.4, -0.2) is 67.5 Å². The summed E-state index contributed by atoms with van der Waals surface area (Å²) < 4.78 is 44.6. The number of ether oxygens (including phenoxy) is 1. The number of aliphatic hydroxyl groups excluding tert-OH is 1. The summed E-state index contributed by atoms with van der Waals surface area (Å²) in [7, 11) is 1.87. The van der Waals surface area contributed by atoms with E-state index in [-0.39, 0.29) is 12.2 Å². The Bertz CT molecular complexity index is 1260. The molecule has 2 N–H and O–H groups in total. The third-order valence-electron chi connectivity index (χ3n) is 6.13. The van der Waals surface area contributed by atoms with Crippen molar-refractivity contribution < 1.29 is 27.8 Å². The van der Waals surface area contributed by atoms with E-state index in [1.807, 2.05) is 31.0 Å². The summed E-state index contributed by atoms with van der Waals surface area (Å²) >= 11 is 0. The topological polar surface area (TPSA) is 90.8 Å². The normalized spacial score (nSPS) is 13.9. The van der Waals surface area contributed by atoms with Crippen LogP contribution in [0, 0.1) is 6.92 Å². The fraction of sp³-hybridized carbons (Fsp3) is 0.346. The molecule has 1 aromatic carbocycles. The largest absolute Gasteiger partial charge is 0.417 e. The molecule has 196 valence electrons. The second kappa shape index (κ2) is 11.1. The molecule has 1 amide bonds. The van der Waals surface area contributed by atoms with E-state index in [4.69, 9.17) is 9.72 Å². The van der Waals surface area contributed by atoms with E-state index in [2.05, 4.69) is 15.2 Å². The summed E-state index contributed by atoms with van der Waals surface area (Å²) in [6.45, 7) is 4.93. The number of anilines is 3. The van der Waals surface area contributed by atoms with Crippen LogP contribution in [0.5, 0.6) is 0 Å². The minimum Gasteiger partial charge on any atom is -0.395 e. The van der Waals surface area contributed by atoms with Crippen molar-refractivity contribution in [1.29, 1.82) is 0 Å². The number of benzene rings is 1. The zero-order valence-corrected chi connectivity index (χ0v) is 20.5. The van der Waals surface area contributed by atoms with Gasteiger partial charge in [0.25, 0.3) is 5.91 Å². The number of carbonyl (C=O) groups is 1. The van der Waals surface area contributed by atoms with Crippen LogP contribution in [0.2, 0.25) is 0 Å². The third-order valence-corrected chi connectivity index (χ3v) is 6.13. The first-order chi connectivity index (χ1) is 17.7. The Labute approximate surface area is 212 Å². The zero-order chi connectivity index (χ0) is 26.6. The minimum absolute atomic E-state index is 0.00919. The second-order valence-corrected chi connectivity index (χ2v) is 8.76. The first-order valence-corrected chi connectivity index (χ1v) is 11.8. The Kier molecular flexibility index (Phi) is 7.94. The third kappa shape index (κ3) is 6.17. The lowest BCUT2D eigenvalue weighted by atomic mass is 10.0. The van der Waals surface area contributed by atoms with Crippen LogP contribution in [0.4, 0.5) is 30.4 Å². The van der Waals surface area contributed by atoms with Gasteiger partial charge in [-0.05, 0) is 42.3 Å². The molecule has 0 bridgehead atoms. The van der Waals surface area contributed by atoms with Gasteiger partial charge in [0.2, 0.25) is 0 Å². The molecule has 11 heteroatoms. The van der Waals surface area contributed by atoms with Crippen LogP contribution in [-0.2, 0) is 10.9 Å². The quantitative estimate of drug-likeness (QED) is 0.492. The van der Waals surface area contributed by atoms with Crippen LogP contribution < -0.4 is 15.1 Å². The van der Waals surface area contributed by atoms with Crippen molar-refractivity contribution >= 4 is 23.1 Å². The lowest BCUT2D eigenvalue weighted by Crippen LogP contribution is -2.37. The van der Waals surface area contributed by atoms with Crippen molar-refractivity contribution in [3.63, 3.8) is 0 Å². The van der Waals surface area contributed by atoms with E-state index in [9.17, 15) is 23.1 Å². The van der Waals surface area contributed by atoms with Gasteiger partial charge >= 0.3 is 6.18 Å². The number of morpholine rings is 1. The lowest BCUT2D eigenvalue weighted by molar-refractivity contribution is -0.137. The number of alkyl halides is 3. The highest BCUT2D eigenvalue weighted by atomic mass is 19.4. The number of carbonyl (C=O) groups excluding carboxylic acids is 1. The second-order valence-electron chi connectivity index (χ2n) is 8.76. The molecular weight excluding hydrogens is 487 g/mol. The van der Waals surface area contributed by atoms with Crippen molar-refractivity contribution in [3.8, 4) is 11.1 Å². The number of amides is 1.